The molecular weight excluding hydrogens is 448 g/mol. The third kappa shape index (κ3) is 3.88. The van der Waals surface area contributed by atoms with Crippen molar-refractivity contribution >= 4 is 34.7 Å². The maximum absolute atomic E-state index is 13.1. The molecule has 0 aliphatic carbocycles. The number of nitrogens with zero attached hydrogens (tertiary/aromatic N) is 3. The highest BCUT2D eigenvalue weighted by Gasteiger charge is 2.37. The zero-order valence-corrected chi connectivity index (χ0v) is 19.3. The van der Waals surface area contributed by atoms with E-state index in [1.165, 1.54) is 28.4 Å². The fourth-order valence-electron chi connectivity index (χ4n) is 3.83. The highest BCUT2D eigenvalue weighted by Crippen LogP contribution is 2.32. The van der Waals surface area contributed by atoms with Crippen LogP contribution in [0.1, 0.15) is 47.9 Å². The van der Waals surface area contributed by atoms with E-state index in [1.54, 1.807) is 12.3 Å². The fourth-order valence-corrected chi connectivity index (χ4v) is 4.62. The minimum Gasteiger partial charge on any atom is -0.346 e. The zero-order chi connectivity index (χ0) is 23.8. The fraction of sp³-hybridized carbons (Fsp3) is 0.115. The second-order valence-electron chi connectivity index (χ2n) is 8.04. The number of aromatic nitrogens is 2. The van der Waals surface area contributed by atoms with Gasteiger partial charge in [-0.2, -0.15) is 0 Å². The Morgan fingerprint density at radius 2 is 1.82 bits per heavy atom. The van der Waals surface area contributed by atoms with Crippen LogP contribution in [-0.4, -0.2) is 27.7 Å². The third-order valence-corrected chi connectivity index (χ3v) is 6.53. The summed E-state index contributed by atoms with van der Waals surface area (Å²) in [6, 6.07) is 15.8. The van der Waals surface area contributed by atoms with Gasteiger partial charge in [-0.05, 0) is 61.4 Å². The van der Waals surface area contributed by atoms with Gasteiger partial charge in [-0.1, -0.05) is 18.2 Å². The molecule has 2 aromatic carbocycles. The van der Waals surface area contributed by atoms with Crippen molar-refractivity contribution in [2.24, 2.45) is 0 Å². The molecule has 168 valence electrons. The van der Waals surface area contributed by atoms with Crippen molar-refractivity contribution < 1.29 is 14.4 Å². The number of pyridine rings is 1. The molecule has 0 spiro atoms. The Hall–Kier alpha value is -4.17. The van der Waals surface area contributed by atoms with Crippen LogP contribution in [-0.2, 0) is 6.54 Å². The first kappa shape index (κ1) is 21.7. The highest BCUT2D eigenvalue weighted by atomic mass is 32.1. The molecule has 5 rings (SSSR count). The first-order valence-corrected chi connectivity index (χ1v) is 11.5. The van der Waals surface area contributed by atoms with Gasteiger partial charge in [0.15, 0.2) is 0 Å². The summed E-state index contributed by atoms with van der Waals surface area (Å²) >= 11 is 1.45. The molecule has 0 radical (unpaired) electrons. The number of carbonyl (C=O) groups is 3. The Labute approximate surface area is 200 Å². The van der Waals surface area contributed by atoms with E-state index >= 15 is 0 Å². The molecule has 0 fully saturated rings. The topological polar surface area (TPSA) is 92.3 Å². The number of thiazole rings is 1. The van der Waals surface area contributed by atoms with Crippen LogP contribution in [0.15, 0.2) is 66.2 Å². The molecule has 0 atom stereocenters. The van der Waals surface area contributed by atoms with Crippen LogP contribution in [0.25, 0.3) is 10.7 Å². The SMILES string of the molecule is Cc1ccc(C)c(N2C(=O)c3ccc(C(=O)NCc4csc(-c5ccccn5)n4)cc3C2=O)c1. The first-order chi connectivity index (χ1) is 16.4. The Morgan fingerprint density at radius 3 is 2.62 bits per heavy atom. The number of fused-ring (bicyclic) bond motifs is 1. The van der Waals surface area contributed by atoms with Crippen LogP contribution < -0.4 is 10.2 Å². The van der Waals surface area contributed by atoms with E-state index in [0.29, 0.717) is 22.5 Å². The van der Waals surface area contributed by atoms with Gasteiger partial charge in [-0.25, -0.2) is 9.88 Å². The smallest absolute Gasteiger partial charge is 0.266 e. The average Bonchev–Trinajstić information content (AvgIpc) is 3.42. The molecule has 3 amide bonds. The second kappa shape index (κ2) is 8.64. The quantitative estimate of drug-likeness (QED) is 0.434. The molecule has 8 heteroatoms. The average molecular weight is 469 g/mol. The summed E-state index contributed by atoms with van der Waals surface area (Å²) in [6.07, 6.45) is 1.71. The largest absolute Gasteiger partial charge is 0.346 e. The van der Waals surface area contributed by atoms with Gasteiger partial charge in [0, 0.05) is 17.1 Å². The zero-order valence-electron chi connectivity index (χ0n) is 18.5. The van der Waals surface area contributed by atoms with Crippen molar-refractivity contribution in [1.29, 1.82) is 0 Å². The minimum absolute atomic E-state index is 0.227. The molecule has 0 saturated heterocycles. The van der Waals surface area contributed by atoms with Crippen molar-refractivity contribution in [3.8, 4) is 10.7 Å². The summed E-state index contributed by atoms with van der Waals surface area (Å²) in [5, 5.41) is 5.48. The predicted octanol–water partition coefficient (Wildman–Crippen LogP) is 4.55. The molecular formula is C26H20N4O3S. The maximum atomic E-state index is 13.1. The van der Waals surface area contributed by atoms with Crippen molar-refractivity contribution in [2.75, 3.05) is 4.90 Å². The molecule has 3 heterocycles. The van der Waals surface area contributed by atoms with Gasteiger partial charge >= 0.3 is 0 Å². The minimum atomic E-state index is -0.428. The van der Waals surface area contributed by atoms with Crippen LogP contribution in [0, 0.1) is 13.8 Å². The van der Waals surface area contributed by atoms with Gasteiger partial charge in [0.05, 0.1) is 34.7 Å². The molecule has 1 aliphatic heterocycles. The molecule has 1 aliphatic rings. The normalized spacial score (nSPS) is 12.7. The molecule has 34 heavy (non-hydrogen) atoms. The van der Waals surface area contributed by atoms with Crippen LogP contribution in [0.5, 0.6) is 0 Å². The van der Waals surface area contributed by atoms with E-state index in [-0.39, 0.29) is 23.9 Å². The predicted molar refractivity (Wildman–Crippen MR) is 130 cm³/mol. The molecule has 4 aromatic rings. The van der Waals surface area contributed by atoms with E-state index in [4.69, 9.17) is 0 Å². The first-order valence-electron chi connectivity index (χ1n) is 10.7. The van der Waals surface area contributed by atoms with E-state index in [9.17, 15) is 14.4 Å². The van der Waals surface area contributed by atoms with Gasteiger partial charge in [-0.3, -0.25) is 19.4 Å². The number of aryl methyl sites for hydroxylation is 2. The van der Waals surface area contributed by atoms with Gasteiger partial charge in [0.2, 0.25) is 0 Å². The lowest BCUT2D eigenvalue weighted by Gasteiger charge is -2.17. The standard InChI is InChI=1S/C26H20N4O3S/c1-15-6-7-16(2)22(11-15)30-25(32)19-9-8-17(12-20(19)26(30)33)23(31)28-13-18-14-34-24(29-18)21-5-3-4-10-27-21/h3-12,14H,13H2,1-2H3,(H,28,31). The maximum Gasteiger partial charge on any atom is 0.266 e. The molecule has 0 bridgehead atoms. The van der Waals surface area contributed by atoms with Crippen LogP contribution in [0.4, 0.5) is 5.69 Å². The van der Waals surface area contributed by atoms with Crippen molar-refractivity contribution in [3.63, 3.8) is 0 Å². The van der Waals surface area contributed by atoms with E-state index < -0.39 is 5.91 Å². The highest BCUT2D eigenvalue weighted by molar-refractivity contribution is 7.13. The van der Waals surface area contributed by atoms with Gasteiger partial charge in [-0.15, -0.1) is 11.3 Å². The third-order valence-electron chi connectivity index (χ3n) is 5.62. The van der Waals surface area contributed by atoms with Gasteiger partial charge in [0.25, 0.3) is 17.7 Å². The number of benzene rings is 2. The molecule has 2 aromatic heterocycles. The molecule has 0 saturated carbocycles. The monoisotopic (exact) mass is 468 g/mol. The second-order valence-corrected chi connectivity index (χ2v) is 8.90. The number of amides is 3. The summed E-state index contributed by atoms with van der Waals surface area (Å²) in [7, 11) is 0. The van der Waals surface area contributed by atoms with Crippen LogP contribution in [0.3, 0.4) is 0 Å². The summed E-state index contributed by atoms with van der Waals surface area (Å²) in [5.74, 6) is -1.16. The van der Waals surface area contributed by atoms with Gasteiger partial charge < -0.3 is 5.32 Å². The van der Waals surface area contributed by atoms with E-state index in [2.05, 4.69) is 15.3 Å². The molecule has 0 unspecified atom stereocenters. The number of imide groups is 1. The van der Waals surface area contributed by atoms with Crippen LogP contribution in [0.2, 0.25) is 0 Å². The number of rotatable bonds is 5. The summed E-state index contributed by atoms with van der Waals surface area (Å²) in [6.45, 7) is 4.00. The lowest BCUT2D eigenvalue weighted by molar-refractivity contribution is 0.0923. The summed E-state index contributed by atoms with van der Waals surface area (Å²) in [5.41, 5.74) is 4.66. The Balaban J connectivity index is 1.33. The van der Waals surface area contributed by atoms with Crippen LogP contribution >= 0.6 is 11.3 Å². The summed E-state index contributed by atoms with van der Waals surface area (Å²) < 4.78 is 0. The Morgan fingerprint density at radius 1 is 1.00 bits per heavy atom. The lowest BCUT2D eigenvalue weighted by Crippen LogP contribution is -2.30. The van der Waals surface area contributed by atoms with E-state index in [1.807, 2.05) is 55.6 Å². The summed E-state index contributed by atoms with van der Waals surface area (Å²) in [4.78, 5) is 48.9. The molecule has 1 N–H and O–H groups in total. The van der Waals surface area contributed by atoms with Crippen molar-refractivity contribution in [2.45, 2.75) is 20.4 Å². The van der Waals surface area contributed by atoms with E-state index in [0.717, 1.165) is 21.8 Å². The number of hydrogen-bond acceptors (Lipinski definition) is 6. The number of nitrogens with one attached hydrogen (secondary N) is 1. The number of hydrogen-bond donors (Lipinski definition) is 1. The van der Waals surface area contributed by atoms with Crippen molar-refractivity contribution in [1.82, 2.24) is 15.3 Å². The number of carbonyl (C=O) groups excluding carboxylic acids is 3. The van der Waals surface area contributed by atoms with Crippen molar-refractivity contribution in [3.05, 3.63) is 99.7 Å². The number of anilines is 1. The Bertz CT molecular complexity index is 1450. The molecule has 7 nitrogen and oxygen atoms in total. The lowest BCUT2D eigenvalue weighted by atomic mass is 10.1. The van der Waals surface area contributed by atoms with Gasteiger partial charge in [0.1, 0.15) is 5.01 Å². The Kier molecular flexibility index (Phi) is 5.51.